The van der Waals surface area contributed by atoms with E-state index in [1.807, 2.05) is 6.08 Å². The smallest absolute Gasteiger partial charge is 0.0272 e. The second-order valence-electron chi connectivity index (χ2n) is 4.94. The summed E-state index contributed by atoms with van der Waals surface area (Å²) in [4.78, 5) is 2.50. The van der Waals surface area contributed by atoms with E-state index < -0.39 is 0 Å². The minimum absolute atomic E-state index is 0.327. The van der Waals surface area contributed by atoms with Crippen molar-refractivity contribution in [2.75, 3.05) is 26.2 Å². The lowest BCUT2D eigenvalue weighted by atomic mass is 9.84. The van der Waals surface area contributed by atoms with Crippen molar-refractivity contribution in [3.63, 3.8) is 0 Å². The lowest BCUT2D eigenvalue weighted by Crippen LogP contribution is -2.56. The Morgan fingerprint density at radius 1 is 1.50 bits per heavy atom. The fourth-order valence-electron chi connectivity index (χ4n) is 1.99. The predicted octanol–water partition coefficient (Wildman–Crippen LogP) is 2.06. The molecule has 1 saturated heterocycles. The molecule has 1 atom stereocenters. The van der Waals surface area contributed by atoms with Crippen LogP contribution in [0.2, 0.25) is 0 Å². The van der Waals surface area contributed by atoms with E-state index in [4.69, 9.17) is 11.6 Å². The third-order valence-electron chi connectivity index (χ3n) is 2.78. The van der Waals surface area contributed by atoms with Gasteiger partial charge in [0.2, 0.25) is 0 Å². The molecule has 1 rings (SSSR count). The van der Waals surface area contributed by atoms with Crippen LogP contribution in [0.15, 0.2) is 11.6 Å². The van der Waals surface area contributed by atoms with Gasteiger partial charge in [0.1, 0.15) is 0 Å². The number of hydrogen-bond donors (Lipinski definition) is 1. The van der Waals surface area contributed by atoms with Crippen molar-refractivity contribution in [2.45, 2.75) is 26.8 Å². The highest BCUT2D eigenvalue weighted by Gasteiger charge is 2.31. The monoisotopic (exact) mass is 216 g/mol. The van der Waals surface area contributed by atoms with E-state index >= 15 is 0 Å². The van der Waals surface area contributed by atoms with Crippen molar-refractivity contribution < 1.29 is 0 Å². The molecule has 14 heavy (non-hydrogen) atoms. The fourth-order valence-corrected chi connectivity index (χ4v) is 2.07. The molecule has 0 aliphatic carbocycles. The number of rotatable bonds is 2. The molecular formula is C11H21ClN2. The summed E-state index contributed by atoms with van der Waals surface area (Å²) in [5.74, 6) is 0. The average molecular weight is 217 g/mol. The Labute approximate surface area is 92.3 Å². The van der Waals surface area contributed by atoms with E-state index in [9.17, 15) is 0 Å². The molecule has 3 heteroatoms. The highest BCUT2D eigenvalue weighted by Crippen LogP contribution is 2.25. The van der Waals surface area contributed by atoms with Crippen LogP contribution in [-0.4, -0.2) is 37.1 Å². The van der Waals surface area contributed by atoms with Crippen LogP contribution in [0.3, 0.4) is 0 Å². The lowest BCUT2D eigenvalue weighted by Gasteiger charge is -2.43. The fraction of sp³-hybridized carbons (Fsp3) is 0.818. The molecule has 82 valence electrons. The topological polar surface area (TPSA) is 15.3 Å². The van der Waals surface area contributed by atoms with Crippen molar-refractivity contribution in [2.24, 2.45) is 5.41 Å². The summed E-state index contributed by atoms with van der Waals surface area (Å²) in [7, 11) is 0. The number of nitrogens with one attached hydrogen (secondary N) is 1. The van der Waals surface area contributed by atoms with Crippen molar-refractivity contribution in [3.8, 4) is 0 Å². The normalized spacial score (nSPS) is 25.9. The van der Waals surface area contributed by atoms with Gasteiger partial charge in [0.05, 0.1) is 0 Å². The quantitative estimate of drug-likeness (QED) is 0.760. The molecule has 1 aliphatic heterocycles. The standard InChI is InChI=1S/C11H21ClN2/c1-11(2,3)10-9-13-6-8-14(10)7-4-5-12/h4-5,10,13H,6-9H2,1-3H3/b5-4+. The van der Waals surface area contributed by atoms with Gasteiger partial charge in [-0.3, -0.25) is 4.90 Å². The van der Waals surface area contributed by atoms with Gasteiger partial charge in [0, 0.05) is 37.8 Å². The summed E-state index contributed by atoms with van der Waals surface area (Å²) in [6.45, 7) is 11.1. The van der Waals surface area contributed by atoms with Gasteiger partial charge in [0.15, 0.2) is 0 Å². The second kappa shape index (κ2) is 5.15. The number of piperazine rings is 1. The third-order valence-corrected chi connectivity index (χ3v) is 2.96. The summed E-state index contributed by atoms with van der Waals surface area (Å²) in [5.41, 5.74) is 1.94. The zero-order chi connectivity index (χ0) is 10.6. The van der Waals surface area contributed by atoms with Gasteiger partial charge in [-0.1, -0.05) is 38.4 Å². The van der Waals surface area contributed by atoms with Gasteiger partial charge < -0.3 is 5.32 Å². The van der Waals surface area contributed by atoms with Crippen molar-refractivity contribution in [1.29, 1.82) is 0 Å². The molecule has 0 spiro atoms. The Morgan fingerprint density at radius 2 is 2.21 bits per heavy atom. The second-order valence-corrected chi connectivity index (χ2v) is 5.19. The molecule has 0 radical (unpaired) electrons. The Morgan fingerprint density at radius 3 is 2.79 bits per heavy atom. The molecule has 0 aromatic rings. The average Bonchev–Trinajstić information content (AvgIpc) is 2.14. The van der Waals surface area contributed by atoms with E-state index in [0.29, 0.717) is 11.5 Å². The molecule has 0 amide bonds. The largest absolute Gasteiger partial charge is 0.314 e. The molecule has 0 aromatic carbocycles. The first-order valence-electron chi connectivity index (χ1n) is 5.25. The highest BCUT2D eigenvalue weighted by atomic mass is 35.5. The first-order valence-corrected chi connectivity index (χ1v) is 5.69. The van der Waals surface area contributed by atoms with Crippen LogP contribution in [0.4, 0.5) is 0 Å². The number of halogens is 1. The number of hydrogen-bond acceptors (Lipinski definition) is 2. The molecule has 1 aliphatic rings. The molecule has 2 nitrogen and oxygen atoms in total. The van der Waals surface area contributed by atoms with E-state index in [1.54, 1.807) is 5.54 Å². The Hall–Kier alpha value is -0.0500. The van der Waals surface area contributed by atoms with Crippen molar-refractivity contribution in [3.05, 3.63) is 11.6 Å². The van der Waals surface area contributed by atoms with E-state index in [-0.39, 0.29) is 0 Å². The summed E-state index contributed by atoms with van der Waals surface area (Å²) in [6.07, 6.45) is 2.02. The van der Waals surface area contributed by atoms with Crippen molar-refractivity contribution in [1.82, 2.24) is 10.2 Å². The maximum Gasteiger partial charge on any atom is 0.0272 e. The van der Waals surface area contributed by atoms with E-state index in [2.05, 4.69) is 31.0 Å². The Bertz CT molecular complexity index is 196. The van der Waals surface area contributed by atoms with Crippen molar-refractivity contribution >= 4 is 11.6 Å². The van der Waals surface area contributed by atoms with Crippen LogP contribution in [0.5, 0.6) is 0 Å². The van der Waals surface area contributed by atoms with Crippen LogP contribution in [-0.2, 0) is 0 Å². The minimum atomic E-state index is 0.327. The van der Waals surface area contributed by atoms with Gasteiger partial charge in [-0.25, -0.2) is 0 Å². The van der Waals surface area contributed by atoms with Crippen LogP contribution in [0, 0.1) is 5.41 Å². The van der Waals surface area contributed by atoms with Crippen LogP contribution >= 0.6 is 11.6 Å². The highest BCUT2D eigenvalue weighted by molar-refractivity contribution is 6.25. The van der Waals surface area contributed by atoms with Gasteiger partial charge >= 0.3 is 0 Å². The van der Waals surface area contributed by atoms with Gasteiger partial charge in [0.25, 0.3) is 0 Å². The molecule has 1 N–H and O–H groups in total. The predicted molar refractivity (Wildman–Crippen MR) is 62.7 cm³/mol. The maximum atomic E-state index is 5.56. The Balaban J connectivity index is 2.59. The minimum Gasteiger partial charge on any atom is -0.314 e. The van der Waals surface area contributed by atoms with E-state index in [1.165, 1.54) is 0 Å². The molecule has 0 bridgehead atoms. The molecule has 0 aromatic heterocycles. The molecule has 1 heterocycles. The van der Waals surface area contributed by atoms with E-state index in [0.717, 1.165) is 26.2 Å². The SMILES string of the molecule is CC(C)(C)C1CNCCN1C/C=C/Cl. The molecule has 1 fully saturated rings. The molecule has 0 saturated carbocycles. The first kappa shape index (κ1) is 12.0. The Kier molecular flexibility index (Phi) is 4.42. The van der Waals surface area contributed by atoms with Crippen LogP contribution < -0.4 is 5.32 Å². The molecular weight excluding hydrogens is 196 g/mol. The van der Waals surface area contributed by atoms with Crippen LogP contribution in [0.1, 0.15) is 20.8 Å². The summed E-state index contributed by atoms with van der Waals surface area (Å²) in [5, 5.41) is 3.45. The van der Waals surface area contributed by atoms with Gasteiger partial charge in [-0.15, -0.1) is 0 Å². The van der Waals surface area contributed by atoms with Crippen LogP contribution in [0.25, 0.3) is 0 Å². The summed E-state index contributed by atoms with van der Waals surface area (Å²) < 4.78 is 0. The zero-order valence-electron chi connectivity index (χ0n) is 9.39. The van der Waals surface area contributed by atoms with Gasteiger partial charge in [-0.05, 0) is 5.41 Å². The summed E-state index contributed by atoms with van der Waals surface area (Å²) in [6, 6.07) is 0.601. The van der Waals surface area contributed by atoms with Gasteiger partial charge in [-0.2, -0.15) is 0 Å². The summed E-state index contributed by atoms with van der Waals surface area (Å²) >= 11 is 5.56. The third kappa shape index (κ3) is 3.26. The zero-order valence-corrected chi connectivity index (χ0v) is 10.1. The maximum absolute atomic E-state index is 5.56. The number of nitrogens with zero attached hydrogens (tertiary/aromatic N) is 1. The molecule has 1 unspecified atom stereocenters. The first-order chi connectivity index (χ1) is 6.55. The lowest BCUT2D eigenvalue weighted by molar-refractivity contribution is 0.0866.